The molecule has 0 saturated heterocycles. The standard InChI is InChI=1S/C12H20O3Si/c1-12(2,3)16(4,5)15-11-7-9(13)6-10(14)8-11/h6-8,13-14H,1-5H3. The third-order valence-electron chi connectivity index (χ3n) is 3.06. The van der Waals surface area contributed by atoms with Crippen LogP contribution in [0.25, 0.3) is 0 Å². The van der Waals surface area contributed by atoms with Crippen molar-refractivity contribution in [2.75, 3.05) is 0 Å². The van der Waals surface area contributed by atoms with Crippen molar-refractivity contribution in [3.8, 4) is 17.2 Å². The van der Waals surface area contributed by atoms with E-state index < -0.39 is 8.32 Å². The second-order valence-corrected chi connectivity index (χ2v) is 10.3. The highest BCUT2D eigenvalue weighted by molar-refractivity contribution is 6.74. The van der Waals surface area contributed by atoms with Gasteiger partial charge in [-0.2, -0.15) is 0 Å². The summed E-state index contributed by atoms with van der Waals surface area (Å²) < 4.78 is 5.95. The summed E-state index contributed by atoms with van der Waals surface area (Å²) in [5, 5.41) is 18.8. The van der Waals surface area contributed by atoms with Gasteiger partial charge in [-0.1, -0.05) is 20.8 Å². The molecule has 0 radical (unpaired) electrons. The van der Waals surface area contributed by atoms with Crippen LogP contribution in [0, 0.1) is 0 Å². The maximum atomic E-state index is 9.37. The second kappa shape index (κ2) is 4.01. The van der Waals surface area contributed by atoms with Crippen molar-refractivity contribution in [2.45, 2.75) is 38.9 Å². The number of rotatable bonds is 2. The van der Waals surface area contributed by atoms with Gasteiger partial charge in [0.05, 0.1) is 0 Å². The number of aromatic hydroxyl groups is 2. The minimum atomic E-state index is -1.91. The van der Waals surface area contributed by atoms with Gasteiger partial charge in [-0.15, -0.1) is 0 Å². The SMILES string of the molecule is CC(C)(C)[Si](C)(C)Oc1cc(O)cc(O)c1. The summed E-state index contributed by atoms with van der Waals surface area (Å²) in [5.41, 5.74) is 0. The summed E-state index contributed by atoms with van der Waals surface area (Å²) in [5.74, 6) is 0.575. The number of hydrogen-bond donors (Lipinski definition) is 2. The minimum Gasteiger partial charge on any atom is -0.543 e. The molecule has 0 aliphatic rings. The van der Waals surface area contributed by atoms with Crippen LogP contribution >= 0.6 is 0 Å². The Labute approximate surface area is 97.8 Å². The maximum Gasteiger partial charge on any atom is 0.250 e. The second-order valence-electron chi connectivity index (χ2n) is 5.55. The Morgan fingerprint density at radius 1 is 1.00 bits per heavy atom. The molecule has 3 nitrogen and oxygen atoms in total. The van der Waals surface area contributed by atoms with Crippen molar-refractivity contribution in [1.82, 2.24) is 0 Å². The van der Waals surface area contributed by atoms with Gasteiger partial charge < -0.3 is 14.6 Å². The molecule has 1 aromatic rings. The average Bonchev–Trinajstić information content (AvgIpc) is 1.97. The lowest BCUT2D eigenvalue weighted by molar-refractivity contribution is 0.436. The lowest BCUT2D eigenvalue weighted by Crippen LogP contribution is -2.43. The van der Waals surface area contributed by atoms with Gasteiger partial charge in [0.15, 0.2) is 0 Å². The fourth-order valence-corrected chi connectivity index (χ4v) is 2.09. The van der Waals surface area contributed by atoms with E-state index in [4.69, 9.17) is 4.43 Å². The van der Waals surface area contributed by atoms with E-state index in [1.54, 1.807) is 0 Å². The van der Waals surface area contributed by atoms with Gasteiger partial charge in [0, 0.05) is 18.2 Å². The van der Waals surface area contributed by atoms with E-state index in [0.29, 0.717) is 5.75 Å². The fourth-order valence-electron chi connectivity index (χ4n) is 1.07. The molecule has 4 heteroatoms. The van der Waals surface area contributed by atoms with Crippen LogP contribution in [0.1, 0.15) is 20.8 Å². The minimum absolute atomic E-state index is 0.0220. The van der Waals surface area contributed by atoms with Crippen molar-refractivity contribution in [1.29, 1.82) is 0 Å². The molecule has 90 valence electrons. The molecule has 0 unspecified atom stereocenters. The quantitative estimate of drug-likeness (QED) is 0.778. The van der Waals surface area contributed by atoms with E-state index >= 15 is 0 Å². The molecule has 0 saturated carbocycles. The molecule has 2 N–H and O–H groups in total. The van der Waals surface area contributed by atoms with Crippen LogP contribution in [0.3, 0.4) is 0 Å². The normalized spacial score (nSPS) is 12.6. The summed E-state index contributed by atoms with van der Waals surface area (Å²) in [6, 6.07) is 4.35. The summed E-state index contributed by atoms with van der Waals surface area (Å²) in [7, 11) is -1.91. The Bertz CT molecular complexity index is 360. The van der Waals surface area contributed by atoms with E-state index in [1.807, 2.05) is 0 Å². The molecule has 0 atom stereocenters. The van der Waals surface area contributed by atoms with Crippen molar-refractivity contribution < 1.29 is 14.6 Å². The van der Waals surface area contributed by atoms with E-state index in [9.17, 15) is 10.2 Å². The van der Waals surface area contributed by atoms with E-state index in [0.717, 1.165) is 0 Å². The van der Waals surface area contributed by atoms with Gasteiger partial charge in [-0.3, -0.25) is 0 Å². The highest BCUT2D eigenvalue weighted by Gasteiger charge is 2.39. The highest BCUT2D eigenvalue weighted by Crippen LogP contribution is 2.38. The number of benzene rings is 1. The molecule has 1 rings (SSSR count). The first-order chi connectivity index (χ1) is 7.12. The van der Waals surface area contributed by atoms with Crippen LogP contribution in [-0.2, 0) is 0 Å². The van der Waals surface area contributed by atoms with Crippen molar-refractivity contribution >= 4 is 8.32 Å². The molecule has 0 spiro atoms. The summed E-state index contributed by atoms with van der Waals surface area (Å²) in [4.78, 5) is 0. The zero-order valence-corrected chi connectivity index (χ0v) is 11.5. The van der Waals surface area contributed by atoms with Crippen LogP contribution in [0.4, 0.5) is 0 Å². The molecular formula is C12H20O3Si. The summed E-state index contributed by atoms with van der Waals surface area (Å²) in [6.45, 7) is 10.7. The number of phenols is 2. The molecule has 0 amide bonds. The summed E-state index contributed by atoms with van der Waals surface area (Å²) >= 11 is 0. The molecule has 0 aliphatic carbocycles. The zero-order chi connectivity index (χ0) is 12.6. The first kappa shape index (κ1) is 12.9. The smallest absolute Gasteiger partial charge is 0.250 e. The third-order valence-corrected chi connectivity index (χ3v) is 7.41. The molecule has 0 fully saturated rings. The van der Waals surface area contributed by atoms with Crippen molar-refractivity contribution in [3.05, 3.63) is 18.2 Å². The van der Waals surface area contributed by atoms with Crippen LogP contribution in [0.2, 0.25) is 18.1 Å². The lowest BCUT2D eigenvalue weighted by atomic mass is 10.2. The Morgan fingerprint density at radius 3 is 1.81 bits per heavy atom. The van der Waals surface area contributed by atoms with Gasteiger partial charge >= 0.3 is 0 Å². The average molecular weight is 240 g/mol. The van der Waals surface area contributed by atoms with Crippen LogP contribution in [0.5, 0.6) is 17.2 Å². The Morgan fingerprint density at radius 2 is 1.44 bits per heavy atom. The van der Waals surface area contributed by atoms with Crippen LogP contribution < -0.4 is 4.43 Å². The molecule has 0 heterocycles. The summed E-state index contributed by atoms with van der Waals surface area (Å²) in [6.07, 6.45) is 0. The van der Waals surface area contributed by atoms with E-state index in [1.165, 1.54) is 18.2 Å². The molecule has 1 aromatic carbocycles. The maximum absolute atomic E-state index is 9.37. The molecule has 0 aromatic heterocycles. The van der Waals surface area contributed by atoms with Gasteiger partial charge in [0.25, 0.3) is 0 Å². The highest BCUT2D eigenvalue weighted by atomic mass is 28.4. The Balaban J connectivity index is 2.96. The monoisotopic (exact) mass is 240 g/mol. The first-order valence-electron chi connectivity index (χ1n) is 5.34. The van der Waals surface area contributed by atoms with E-state index in [-0.39, 0.29) is 16.5 Å². The molecule has 16 heavy (non-hydrogen) atoms. The van der Waals surface area contributed by atoms with E-state index in [2.05, 4.69) is 33.9 Å². The fraction of sp³-hybridized carbons (Fsp3) is 0.500. The first-order valence-corrected chi connectivity index (χ1v) is 8.25. The van der Waals surface area contributed by atoms with Crippen LogP contribution in [0.15, 0.2) is 18.2 Å². The molecule has 0 aliphatic heterocycles. The van der Waals surface area contributed by atoms with Crippen molar-refractivity contribution in [2.24, 2.45) is 0 Å². The van der Waals surface area contributed by atoms with Crippen LogP contribution in [-0.4, -0.2) is 18.5 Å². The largest absolute Gasteiger partial charge is 0.543 e. The topological polar surface area (TPSA) is 49.7 Å². The Hall–Kier alpha value is -1.16. The molecule has 0 bridgehead atoms. The van der Waals surface area contributed by atoms with Gasteiger partial charge in [0.2, 0.25) is 8.32 Å². The van der Waals surface area contributed by atoms with Crippen molar-refractivity contribution in [3.63, 3.8) is 0 Å². The predicted molar refractivity (Wildman–Crippen MR) is 67.6 cm³/mol. The predicted octanol–water partition coefficient (Wildman–Crippen LogP) is 3.48. The van der Waals surface area contributed by atoms with Gasteiger partial charge in [-0.25, -0.2) is 0 Å². The number of phenolic OH excluding ortho intramolecular Hbond substituents is 2. The Kier molecular flexibility index (Phi) is 3.24. The zero-order valence-electron chi connectivity index (χ0n) is 10.5. The molecular weight excluding hydrogens is 220 g/mol. The van der Waals surface area contributed by atoms with Gasteiger partial charge in [0.1, 0.15) is 17.2 Å². The third kappa shape index (κ3) is 2.92. The lowest BCUT2D eigenvalue weighted by Gasteiger charge is -2.36. The van der Waals surface area contributed by atoms with Gasteiger partial charge in [-0.05, 0) is 18.1 Å². The number of hydrogen-bond acceptors (Lipinski definition) is 3.